The fraction of sp³-hybridized carbons (Fsp3) is 0.857. The third kappa shape index (κ3) is 9.85. The Morgan fingerprint density at radius 3 is 2.12 bits per heavy atom. The van der Waals surface area contributed by atoms with E-state index in [-0.39, 0.29) is 21.1 Å². The van der Waals surface area contributed by atoms with Crippen LogP contribution in [0.15, 0.2) is 0 Å². The standard InChI is InChI=1S/C7H15.Pt/c1-3-5-7-6-4-2;/h1,3-7H2,2H3;/q-1;. The van der Waals surface area contributed by atoms with E-state index >= 15 is 0 Å². The molecule has 0 saturated heterocycles. The largest absolute Gasteiger partial charge is 0.343 e. The second kappa shape index (κ2) is 10.6. The predicted molar refractivity (Wildman–Crippen MR) is 34.1 cm³/mol. The predicted octanol–water partition coefficient (Wildman–Crippen LogP) is 2.79. The summed E-state index contributed by atoms with van der Waals surface area (Å²) in [6.45, 7) is 5.98. The van der Waals surface area contributed by atoms with Crippen molar-refractivity contribution in [2.24, 2.45) is 0 Å². The van der Waals surface area contributed by atoms with E-state index in [1.807, 2.05) is 0 Å². The van der Waals surface area contributed by atoms with Gasteiger partial charge in [0.05, 0.1) is 0 Å². The van der Waals surface area contributed by atoms with Crippen LogP contribution in [-0.4, -0.2) is 0 Å². The summed E-state index contributed by atoms with van der Waals surface area (Å²) in [5.74, 6) is 0. The zero-order valence-corrected chi connectivity index (χ0v) is 7.83. The summed E-state index contributed by atoms with van der Waals surface area (Å²) in [4.78, 5) is 0. The molecule has 0 atom stereocenters. The Kier molecular flexibility index (Phi) is 15.3. The molecular formula is C7H15Pt-. The molecule has 0 bridgehead atoms. The Hall–Kier alpha value is 0.688. The van der Waals surface area contributed by atoms with Crippen LogP contribution in [0.1, 0.15) is 39.0 Å². The molecule has 8 heavy (non-hydrogen) atoms. The number of hydrogen-bond donors (Lipinski definition) is 0. The molecule has 54 valence electrons. The molecule has 0 aliphatic heterocycles. The normalized spacial score (nSPS) is 8.25. The first kappa shape index (κ1) is 11.5. The minimum Gasteiger partial charge on any atom is -0.343 e. The molecule has 0 unspecified atom stereocenters. The van der Waals surface area contributed by atoms with Gasteiger partial charge >= 0.3 is 0 Å². The average molecular weight is 294 g/mol. The molecule has 0 rings (SSSR count). The van der Waals surface area contributed by atoms with E-state index in [1.54, 1.807) is 0 Å². The number of unbranched alkanes of at least 4 members (excludes halogenated alkanes) is 4. The van der Waals surface area contributed by atoms with Gasteiger partial charge in [-0.1, -0.05) is 32.6 Å². The van der Waals surface area contributed by atoms with Crippen molar-refractivity contribution in [1.29, 1.82) is 0 Å². The summed E-state index contributed by atoms with van der Waals surface area (Å²) >= 11 is 0. The van der Waals surface area contributed by atoms with Crippen LogP contribution in [-0.2, 0) is 21.1 Å². The average Bonchev–Trinajstić information content (AvgIpc) is 1.69. The topological polar surface area (TPSA) is 0 Å². The summed E-state index contributed by atoms with van der Waals surface area (Å²) in [5, 5.41) is 0. The van der Waals surface area contributed by atoms with Gasteiger partial charge in [0.15, 0.2) is 0 Å². The first-order chi connectivity index (χ1) is 3.41. The van der Waals surface area contributed by atoms with Crippen LogP contribution in [0.4, 0.5) is 0 Å². The van der Waals surface area contributed by atoms with Crippen LogP contribution < -0.4 is 0 Å². The maximum Gasteiger partial charge on any atom is 0 e. The number of hydrogen-bond acceptors (Lipinski definition) is 0. The van der Waals surface area contributed by atoms with Crippen molar-refractivity contribution in [1.82, 2.24) is 0 Å². The Labute approximate surface area is 67.3 Å². The molecule has 0 aromatic rings. The minimum absolute atomic E-state index is 0. The summed E-state index contributed by atoms with van der Waals surface area (Å²) in [7, 11) is 0. The molecule has 0 aliphatic rings. The van der Waals surface area contributed by atoms with Crippen LogP contribution in [0.25, 0.3) is 0 Å². The Morgan fingerprint density at radius 1 is 1.12 bits per heavy atom. The van der Waals surface area contributed by atoms with Crippen molar-refractivity contribution in [2.75, 3.05) is 0 Å². The van der Waals surface area contributed by atoms with Crippen LogP contribution in [0.3, 0.4) is 0 Å². The zero-order chi connectivity index (χ0) is 5.54. The van der Waals surface area contributed by atoms with Crippen molar-refractivity contribution in [3.05, 3.63) is 6.92 Å². The monoisotopic (exact) mass is 294 g/mol. The van der Waals surface area contributed by atoms with E-state index in [2.05, 4.69) is 13.8 Å². The van der Waals surface area contributed by atoms with Crippen LogP contribution in [0, 0.1) is 6.92 Å². The summed E-state index contributed by atoms with van der Waals surface area (Å²) < 4.78 is 0. The van der Waals surface area contributed by atoms with Gasteiger partial charge in [0, 0.05) is 21.1 Å². The van der Waals surface area contributed by atoms with Crippen LogP contribution in [0.2, 0.25) is 0 Å². The second-order valence-corrected chi connectivity index (χ2v) is 1.91. The van der Waals surface area contributed by atoms with Gasteiger partial charge in [0.2, 0.25) is 0 Å². The molecular weight excluding hydrogens is 279 g/mol. The van der Waals surface area contributed by atoms with Gasteiger partial charge in [-0.25, -0.2) is 0 Å². The molecule has 0 N–H and O–H groups in total. The molecule has 0 aromatic carbocycles. The van der Waals surface area contributed by atoms with Gasteiger partial charge in [-0.3, -0.25) is 0 Å². The minimum atomic E-state index is 0. The summed E-state index contributed by atoms with van der Waals surface area (Å²) in [5.41, 5.74) is 0. The Bertz CT molecular complexity index is 23.6. The van der Waals surface area contributed by atoms with E-state index in [1.165, 1.54) is 25.7 Å². The summed E-state index contributed by atoms with van der Waals surface area (Å²) in [6.07, 6.45) is 6.52. The fourth-order valence-electron chi connectivity index (χ4n) is 0.604. The van der Waals surface area contributed by atoms with Gasteiger partial charge < -0.3 is 6.92 Å². The van der Waals surface area contributed by atoms with Crippen molar-refractivity contribution >= 4 is 0 Å². The molecule has 0 aromatic heterocycles. The van der Waals surface area contributed by atoms with Crippen molar-refractivity contribution < 1.29 is 21.1 Å². The van der Waals surface area contributed by atoms with Crippen molar-refractivity contribution in [2.45, 2.75) is 39.0 Å². The van der Waals surface area contributed by atoms with E-state index in [4.69, 9.17) is 0 Å². The van der Waals surface area contributed by atoms with Gasteiger partial charge in [0.25, 0.3) is 0 Å². The SMILES string of the molecule is [CH2-]CCCCCC.[Pt]. The third-order valence-corrected chi connectivity index (χ3v) is 1.10. The van der Waals surface area contributed by atoms with E-state index in [9.17, 15) is 0 Å². The van der Waals surface area contributed by atoms with Gasteiger partial charge in [-0.15, -0.1) is 0 Å². The molecule has 0 nitrogen and oxygen atoms in total. The maximum absolute atomic E-state index is 3.76. The van der Waals surface area contributed by atoms with Gasteiger partial charge in [-0.05, 0) is 0 Å². The molecule has 0 heterocycles. The van der Waals surface area contributed by atoms with E-state index < -0.39 is 0 Å². The molecule has 0 radical (unpaired) electrons. The van der Waals surface area contributed by atoms with Crippen LogP contribution in [0.5, 0.6) is 0 Å². The van der Waals surface area contributed by atoms with Crippen molar-refractivity contribution in [3.8, 4) is 0 Å². The second-order valence-electron chi connectivity index (χ2n) is 1.91. The quantitative estimate of drug-likeness (QED) is 0.552. The Morgan fingerprint density at radius 2 is 1.75 bits per heavy atom. The molecule has 0 saturated carbocycles. The summed E-state index contributed by atoms with van der Waals surface area (Å²) in [6, 6.07) is 0. The van der Waals surface area contributed by atoms with Crippen LogP contribution >= 0.6 is 0 Å². The zero-order valence-electron chi connectivity index (χ0n) is 5.56. The first-order valence-electron chi connectivity index (χ1n) is 3.21. The molecule has 0 amide bonds. The molecule has 1 heteroatoms. The van der Waals surface area contributed by atoms with E-state index in [0.29, 0.717) is 0 Å². The fourth-order valence-corrected chi connectivity index (χ4v) is 0.604. The first-order valence-corrected chi connectivity index (χ1v) is 3.21. The molecule has 0 aliphatic carbocycles. The Balaban J connectivity index is 0. The van der Waals surface area contributed by atoms with Gasteiger partial charge in [-0.2, -0.15) is 6.42 Å². The smallest absolute Gasteiger partial charge is 0 e. The third-order valence-electron chi connectivity index (χ3n) is 1.10. The maximum atomic E-state index is 3.76. The number of rotatable bonds is 4. The molecule has 0 spiro atoms. The van der Waals surface area contributed by atoms with E-state index in [0.717, 1.165) is 6.42 Å². The van der Waals surface area contributed by atoms with Crippen molar-refractivity contribution in [3.63, 3.8) is 0 Å². The van der Waals surface area contributed by atoms with Gasteiger partial charge in [0.1, 0.15) is 0 Å². The molecule has 0 fully saturated rings.